The lowest BCUT2D eigenvalue weighted by atomic mass is 9.85. The molecule has 5 unspecified atom stereocenters. The number of hydrogen-bond acceptors (Lipinski definition) is 6. The number of aliphatic hydroxyl groups is 2. The van der Waals surface area contributed by atoms with Gasteiger partial charge in [-0.3, -0.25) is 9.69 Å². The molecule has 21 heavy (non-hydrogen) atoms. The summed E-state index contributed by atoms with van der Waals surface area (Å²) in [5.74, 6) is -1.08. The van der Waals surface area contributed by atoms with Crippen molar-refractivity contribution in [1.29, 1.82) is 0 Å². The minimum absolute atomic E-state index is 0.234. The number of carbonyl (C=O) groups is 2. The Hall–Kier alpha value is -1.34. The van der Waals surface area contributed by atoms with Crippen LogP contribution < -0.4 is 0 Å². The lowest BCUT2D eigenvalue weighted by Crippen LogP contribution is -2.46. The Morgan fingerprint density at radius 2 is 1.86 bits per heavy atom. The molecule has 2 aliphatic rings. The van der Waals surface area contributed by atoms with Crippen LogP contribution in [-0.2, 0) is 14.3 Å². The zero-order valence-electron chi connectivity index (χ0n) is 12.8. The molecule has 7 nitrogen and oxygen atoms in total. The van der Waals surface area contributed by atoms with E-state index in [2.05, 4.69) is 0 Å². The van der Waals surface area contributed by atoms with E-state index < -0.39 is 47.9 Å². The fraction of sp³-hybridized carbons (Fsp3) is 0.857. The highest BCUT2D eigenvalue weighted by Crippen LogP contribution is 2.43. The van der Waals surface area contributed by atoms with E-state index >= 15 is 0 Å². The largest absolute Gasteiger partial charge is 0.466 e. The highest BCUT2D eigenvalue weighted by Gasteiger charge is 2.62. The third kappa shape index (κ3) is 2.85. The average molecular weight is 301 g/mol. The lowest BCUT2D eigenvalue weighted by Gasteiger charge is -2.28. The Morgan fingerprint density at radius 3 is 2.38 bits per heavy atom. The van der Waals surface area contributed by atoms with Crippen LogP contribution >= 0.6 is 0 Å². The number of hydrogen-bond donors (Lipinski definition) is 2. The summed E-state index contributed by atoms with van der Waals surface area (Å²) in [6.45, 7) is 7.13. The summed E-state index contributed by atoms with van der Waals surface area (Å²) in [6, 6.07) is -1.41. The number of ether oxygens (including phenoxy) is 2. The van der Waals surface area contributed by atoms with Crippen molar-refractivity contribution in [1.82, 2.24) is 4.90 Å². The van der Waals surface area contributed by atoms with Crippen LogP contribution in [0, 0.1) is 5.92 Å². The van der Waals surface area contributed by atoms with Crippen molar-refractivity contribution in [3.8, 4) is 0 Å². The first-order chi connectivity index (χ1) is 9.67. The molecule has 0 spiro atoms. The van der Waals surface area contributed by atoms with Gasteiger partial charge in [0, 0.05) is 0 Å². The fourth-order valence-corrected chi connectivity index (χ4v) is 3.12. The quantitative estimate of drug-likeness (QED) is 0.711. The van der Waals surface area contributed by atoms with E-state index in [-0.39, 0.29) is 13.0 Å². The Morgan fingerprint density at radius 1 is 1.24 bits per heavy atom. The molecule has 2 saturated heterocycles. The van der Waals surface area contributed by atoms with Gasteiger partial charge in [0.1, 0.15) is 17.8 Å². The molecule has 2 fully saturated rings. The first kappa shape index (κ1) is 16.0. The number of esters is 1. The van der Waals surface area contributed by atoms with Gasteiger partial charge >= 0.3 is 12.1 Å². The molecule has 7 heteroatoms. The minimum Gasteiger partial charge on any atom is -0.466 e. The van der Waals surface area contributed by atoms with Gasteiger partial charge in [-0.25, -0.2) is 4.79 Å². The summed E-state index contributed by atoms with van der Waals surface area (Å²) < 4.78 is 10.3. The molecule has 0 aromatic heterocycles. The lowest BCUT2D eigenvalue weighted by molar-refractivity contribution is -0.151. The predicted molar refractivity (Wildman–Crippen MR) is 72.4 cm³/mol. The Balaban J connectivity index is 2.19. The van der Waals surface area contributed by atoms with Crippen molar-refractivity contribution in [3.05, 3.63) is 0 Å². The van der Waals surface area contributed by atoms with Crippen molar-refractivity contribution >= 4 is 12.1 Å². The monoisotopic (exact) mass is 301 g/mol. The molecule has 0 saturated carbocycles. The van der Waals surface area contributed by atoms with Crippen LogP contribution in [0.3, 0.4) is 0 Å². The molecule has 2 heterocycles. The third-order valence-electron chi connectivity index (χ3n) is 3.87. The van der Waals surface area contributed by atoms with Gasteiger partial charge in [0.25, 0.3) is 0 Å². The van der Waals surface area contributed by atoms with E-state index in [1.807, 2.05) is 0 Å². The second-order valence-electron chi connectivity index (χ2n) is 6.52. The number of aliphatic hydroxyl groups excluding tert-OH is 2. The van der Waals surface area contributed by atoms with E-state index in [4.69, 9.17) is 9.47 Å². The van der Waals surface area contributed by atoms with E-state index in [0.717, 1.165) is 0 Å². The second-order valence-corrected chi connectivity index (χ2v) is 6.52. The van der Waals surface area contributed by atoms with Gasteiger partial charge in [0.05, 0.1) is 24.6 Å². The van der Waals surface area contributed by atoms with Gasteiger partial charge in [-0.15, -0.1) is 0 Å². The molecule has 2 aliphatic heterocycles. The Kier molecular flexibility index (Phi) is 4.17. The van der Waals surface area contributed by atoms with Crippen molar-refractivity contribution in [2.45, 2.75) is 64.0 Å². The first-order valence-corrected chi connectivity index (χ1v) is 7.21. The standard InChI is InChI=1S/C14H23NO6/c1-5-20-12(18)7-6-8-10(16)11(17)9(7)15(8)13(19)21-14(2,3)4/h7-11,16-17H,5-6H2,1-4H3. The van der Waals surface area contributed by atoms with Crippen LogP contribution in [0.15, 0.2) is 0 Å². The molecular formula is C14H23NO6. The molecule has 0 aromatic carbocycles. The van der Waals surface area contributed by atoms with Crippen molar-refractivity contribution in [2.75, 3.05) is 6.61 Å². The van der Waals surface area contributed by atoms with E-state index in [1.165, 1.54) is 4.90 Å². The molecular weight excluding hydrogens is 278 g/mol. The molecule has 1 amide bonds. The molecule has 120 valence electrons. The molecule has 2 bridgehead atoms. The third-order valence-corrected chi connectivity index (χ3v) is 3.87. The van der Waals surface area contributed by atoms with Crippen LogP contribution in [-0.4, -0.2) is 63.7 Å². The summed E-state index contributed by atoms with van der Waals surface area (Å²) in [5, 5.41) is 20.1. The van der Waals surface area contributed by atoms with Gasteiger partial charge in [-0.2, -0.15) is 0 Å². The maximum absolute atomic E-state index is 12.3. The maximum Gasteiger partial charge on any atom is 0.410 e. The first-order valence-electron chi connectivity index (χ1n) is 7.21. The zero-order chi connectivity index (χ0) is 15.9. The number of fused-ring (bicyclic) bond motifs is 2. The normalized spacial score (nSPS) is 35.0. The summed E-state index contributed by atoms with van der Waals surface area (Å²) >= 11 is 0. The smallest absolute Gasteiger partial charge is 0.410 e. The zero-order valence-corrected chi connectivity index (χ0v) is 12.8. The molecule has 0 aliphatic carbocycles. The summed E-state index contributed by atoms with van der Waals surface area (Å²) in [4.78, 5) is 25.5. The van der Waals surface area contributed by atoms with Crippen molar-refractivity contribution in [3.63, 3.8) is 0 Å². The van der Waals surface area contributed by atoms with Crippen molar-refractivity contribution in [2.24, 2.45) is 5.92 Å². The molecule has 0 radical (unpaired) electrons. The van der Waals surface area contributed by atoms with Crippen LogP contribution in [0.2, 0.25) is 0 Å². The number of nitrogens with zero attached hydrogens (tertiary/aromatic N) is 1. The predicted octanol–water partition coefficient (Wildman–Crippen LogP) is 0.279. The van der Waals surface area contributed by atoms with Gasteiger partial charge < -0.3 is 19.7 Å². The van der Waals surface area contributed by atoms with Gasteiger partial charge in [-0.1, -0.05) is 0 Å². The van der Waals surface area contributed by atoms with Crippen LogP contribution in [0.4, 0.5) is 4.79 Å². The fourth-order valence-electron chi connectivity index (χ4n) is 3.12. The van der Waals surface area contributed by atoms with Gasteiger partial charge in [0.15, 0.2) is 0 Å². The average Bonchev–Trinajstić information content (AvgIpc) is 2.84. The van der Waals surface area contributed by atoms with Crippen molar-refractivity contribution < 1.29 is 29.3 Å². The van der Waals surface area contributed by atoms with Crippen LogP contribution in [0.1, 0.15) is 34.1 Å². The van der Waals surface area contributed by atoms with Crippen LogP contribution in [0.25, 0.3) is 0 Å². The molecule has 2 rings (SSSR count). The topological polar surface area (TPSA) is 96.3 Å². The van der Waals surface area contributed by atoms with Gasteiger partial charge in [0.2, 0.25) is 0 Å². The number of rotatable bonds is 2. The number of carbonyl (C=O) groups excluding carboxylic acids is 2. The summed E-state index contributed by atoms with van der Waals surface area (Å²) in [5.41, 5.74) is -0.686. The van der Waals surface area contributed by atoms with E-state index in [9.17, 15) is 19.8 Å². The molecule has 0 aromatic rings. The maximum atomic E-state index is 12.3. The van der Waals surface area contributed by atoms with Gasteiger partial charge in [-0.05, 0) is 34.1 Å². The van der Waals surface area contributed by atoms with E-state index in [0.29, 0.717) is 0 Å². The Labute approximate surface area is 123 Å². The highest BCUT2D eigenvalue weighted by atomic mass is 16.6. The summed E-state index contributed by atoms with van der Waals surface area (Å²) in [6.07, 6.45) is -2.57. The minimum atomic E-state index is -1.16. The summed E-state index contributed by atoms with van der Waals surface area (Å²) in [7, 11) is 0. The SMILES string of the molecule is CCOC(=O)C1CC2C(O)C(O)C1N2C(=O)OC(C)(C)C. The molecule has 5 atom stereocenters. The highest BCUT2D eigenvalue weighted by molar-refractivity contribution is 5.78. The Bertz CT molecular complexity index is 432. The van der Waals surface area contributed by atoms with Crippen LogP contribution in [0.5, 0.6) is 0 Å². The number of amides is 1. The van der Waals surface area contributed by atoms with E-state index in [1.54, 1.807) is 27.7 Å². The molecule has 2 N–H and O–H groups in total. The second kappa shape index (κ2) is 5.46.